The molecule has 1 aliphatic carbocycles. The number of nitrogens with zero attached hydrogens (tertiary/aromatic N) is 1. The van der Waals surface area contributed by atoms with E-state index in [-0.39, 0.29) is 11.3 Å². The van der Waals surface area contributed by atoms with Crippen molar-refractivity contribution >= 4 is 16.9 Å². The Hall–Kier alpha value is -3.26. The van der Waals surface area contributed by atoms with Crippen LogP contribution in [0, 0.1) is 11.3 Å². The van der Waals surface area contributed by atoms with Crippen molar-refractivity contribution in [2.24, 2.45) is 0 Å². The van der Waals surface area contributed by atoms with Gasteiger partial charge in [-0.1, -0.05) is 0 Å². The summed E-state index contributed by atoms with van der Waals surface area (Å²) in [4.78, 5) is 14.5. The van der Waals surface area contributed by atoms with Crippen LogP contribution in [0.3, 0.4) is 0 Å². The van der Waals surface area contributed by atoms with Crippen molar-refractivity contribution < 1.29 is 15.0 Å². The molecule has 0 spiro atoms. The number of aromatic nitrogens is 1. The largest absolute Gasteiger partial charge is 0.507 e. The standard InChI is InChI=1S/C18H12N2O3/c19-8-9-1-4-15-13(5-9)11-3-2-10-6-14(18(22)23)16(21)7-12(10)17(11)20-15/h1,4-7,20-21H,2-3H2,(H,22,23). The normalized spacial score (nSPS) is 12.5. The number of fused-ring (bicyclic) bond motifs is 5. The van der Waals surface area contributed by atoms with E-state index in [4.69, 9.17) is 10.4 Å². The molecule has 0 atom stereocenters. The van der Waals surface area contributed by atoms with Gasteiger partial charge in [-0.05, 0) is 54.3 Å². The molecule has 0 unspecified atom stereocenters. The number of rotatable bonds is 1. The summed E-state index contributed by atoms with van der Waals surface area (Å²) >= 11 is 0. The third-order valence-corrected chi connectivity index (χ3v) is 4.40. The first kappa shape index (κ1) is 13.4. The predicted octanol–water partition coefficient (Wildman–Crippen LogP) is 3.21. The third-order valence-electron chi connectivity index (χ3n) is 4.40. The average molecular weight is 304 g/mol. The molecule has 3 N–H and O–H groups in total. The molecule has 3 aromatic rings. The summed E-state index contributed by atoms with van der Waals surface area (Å²) in [6, 6.07) is 10.7. The van der Waals surface area contributed by atoms with Gasteiger partial charge in [0, 0.05) is 16.5 Å². The molecule has 1 aliphatic rings. The summed E-state index contributed by atoms with van der Waals surface area (Å²) in [6.07, 6.45) is 1.47. The van der Waals surface area contributed by atoms with Gasteiger partial charge in [0.2, 0.25) is 0 Å². The van der Waals surface area contributed by atoms with Gasteiger partial charge in [0.05, 0.1) is 17.3 Å². The van der Waals surface area contributed by atoms with E-state index in [1.165, 1.54) is 6.07 Å². The number of nitriles is 1. The summed E-state index contributed by atoms with van der Waals surface area (Å²) in [7, 11) is 0. The van der Waals surface area contributed by atoms with Gasteiger partial charge >= 0.3 is 5.97 Å². The number of phenols is 1. The minimum Gasteiger partial charge on any atom is -0.507 e. The first-order chi connectivity index (χ1) is 11.1. The van der Waals surface area contributed by atoms with Crippen LogP contribution in [0.1, 0.15) is 27.0 Å². The van der Waals surface area contributed by atoms with Crippen molar-refractivity contribution in [3.63, 3.8) is 0 Å². The Bertz CT molecular complexity index is 1020. The molecule has 0 saturated heterocycles. The van der Waals surface area contributed by atoms with Crippen LogP contribution in [0.4, 0.5) is 0 Å². The number of aryl methyl sites for hydroxylation is 2. The average Bonchev–Trinajstić information content (AvgIpc) is 2.92. The van der Waals surface area contributed by atoms with Gasteiger partial charge in [0.1, 0.15) is 11.3 Å². The molecule has 0 aliphatic heterocycles. The molecule has 4 rings (SSSR count). The zero-order valence-electron chi connectivity index (χ0n) is 12.1. The molecular weight excluding hydrogens is 292 g/mol. The van der Waals surface area contributed by atoms with Gasteiger partial charge in [0.25, 0.3) is 0 Å². The maximum atomic E-state index is 11.2. The highest BCUT2D eigenvalue weighted by molar-refractivity contribution is 5.96. The number of benzene rings is 2. The number of hydrogen-bond acceptors (Lipinski definition) is 3. The lowest BCUT2D eigenvalue weighted by atomic mass is 9.87. The molecule has 23 heavy (non-hydrogen) atoms. The molecule has 0 fully saturated rings. The van der Waals surface area contributed by atoms with E-state index >= 15 is 0 Å². The first-order valence-electron chi connectivity index (χ1n) is 7.22. The van der Waals surface area contributed by atoms with Crippen LogP contribution < -0.4 is 0 Å². The smallest absolute Gasteiger partial charge is 0.339 e. The molecule has 112 valence electrons. The van der Waals surface area contributed by atoms with Crippen molar-refractivity contribution in [2.45, 2.75) is 12.8 Å². The number of aromatic amines is 1. The Labute approximate surface area is 131 Å². The second kappa shape index (κ2) is 4.62. The first-order valence-corrected chi connectivity index (χ1v) is 7.22. The minimum atomic E-state index is -1.13. The Morgan fingerprint density at radius 1 is 1.22 bits per heavy atom. The number of carbonyl (C=O) groups is 1. The maximum absolute atomic E-state index is 11.2. The number of carboxylic acids is 1. The monoisotopic (exact) mass is 304 g/mol. The highest BCUT2D eigenvalue weighted by Crippen LogP contribution is 2.40. The zero-order valence-corrected chi connectivity index (χ0v) is 12.1. The van der Waals surface area contributed by atoms with Crippen molar-refractivity contribution in [3.05, 3.63) is 52.6 Å². The molecule has 1 heterocycles. The van der Waals surface area contributed by atoms with E-state index in [9.17, 15) is 9.90 Å². The van der Waals surface area contributed by atoms with Crippen LogP contribution in [0.2, 0.25) is 0 Å². The molecule has 2 aromatic carbocycles. The van der Waals surface area contributed by atoms with Crippen LogP contribution in [-0.4, -0.2) is 21.2 Å². The van der Waals surface area contributed by atoms with Crippen LogP contribution in [0.25, 0.3) is 22.2 Å². The maximum Gasteiger partial charge on any atom is 0.339 e. The Morgan fingerprint density at radius 2 is 2.04 bits per heavy atom. The minimum absolute atomic E-state index is 0.0740. The number of nitrogens with one attached hydrogen (secondary N) is 1. The number of aromatic hydroxyl groups is 1. The highest BCUT2D eigenvalue weighted by Gasteiger charge is 2.24. The van der Waals surface area contributed by atoms with E-state index in [1.807, 2.05) is 12.1 Å². The van der Waals surface area contributed by atoms with Gasteiger partial charge in [-0.3, -0.25) is 0 Å². The fraction of sp³-hybridized carbons (Fsp3) is 0.111. The number of H-pyrrole nitrogens is 1. The molecule has 0 radical (unpaired) electrons. The second-order valence-corrected chi connectivity index (χ2v) is 5.68. The van der Waals surface area contributed by atoms with Gasteiger partial charge < -0.3 is 15.2 Å². The topological polar surface area (TPSA) is 97.1 Å². The molecule has 0 amide bonds. The van der Waals surface area contributed by atoms with E-state index < -0.39 is 5.97 Å². The molecule has 5 nitrogen and oxygen atoms in total. The van der Waals surface area contributed by atoms with E-state index in [2.05, 4.69) is 11.1 Å². The highest BCUT2D eigenvalue weighted by atomic mass is 16.4. The van der Waals surface area contributed by atoms with Crippen LogP contribution >= 0.6 is 0 Å². The van der Waals surface area contributed by atoms with Crippen molar-refractivity contribution in [3.8, 4) is 23.1 Å². The lowest BCUT2D eigenvalue weighted by Crippen LogP contribution is -2.06. The van der Waals surface area contributed by atoms with E-state index in [0.29, 0.717) is 12.0 Å². The molecule has 0 bridgehead atoms. The molecule has 0 saturated carbocycles. The van der Waals surface area contributed by atoms with Gasteiger partial charge in [0.15, 0.2) is 0 Å². The molecule has 1 aromatic heterocycles. The Morgan fingerprint density at radius 3 is 2.78 bits per heavy atom. The quantitative estimate of drug-likeness (QED) is 0.643. The zero-order chi connectivity index (χ0) is 16.1. The van der Waals surface area contributed by atoms with Gasteiger partial charge in [-0.2, -0.15) is 5.26 Å². The lowest BCUT2D eigenvalue weighted by molar-refractivity contribution is 0.0693. The summed E-state index contributed by atoms with van der Waals surface area (Å²) in [5.74, 6) is -1.37. The van der Waals surface area contributed by atoms with Crippen molar-refractivity contribution in [1.29, 1.82) is 5.26 Å². The summed E-state index contributed by atoms with van der Waals surface area (Å²) in [6.45, 7) is 0. The van der Waals surface area contributed by atoms with E-state index in [1.54, 1.807) is 12.1 Å². The third kappa shape index (κ3) is 1.89. The predicted molar refractivity (Wildman–Crippen MR) is 84.5 cm³/mol. The van der Waals surface area contributed by atoms with Gasteiger partial charge in [-0.25, -0.2) is 4.79 Å². The van der Waals surface area contributed by atoms with Crippen molar-refractivity contribution in [2.75, 3.05) is 0 Å². The number of carboxylic acid groups (broad SMARTS) is 1. The summed E-state index contributed by atoms with van der Waals surface area (Å²) < 4.78 is 0. The lowest BCUT2D eigenvalue weighted by Gasteiger charge is -2.18. The SMILES string of the molecule is N#Cc1ccc2[nH]c3c(c2c1)CCc1cc(C(=O)O)c(O)cc1-3. The van der Waals surface area contributed by atoms with Crippen molar-refractivity contribution in [1.82, 2.24) is 4.98 Å². The molecule has 5 heteroatoms. The van der Waals surface area contributed by atoms with Crippen LogP contribution in [0.5, 0.6) is 5.75 Å². The molecular formula is C18H12N2O3. The second-order valence-electron chi connectivity index (χ2n) is 5.68. The number of aromatic carboxylic acids is 1. The summed E-state index contributed by atoms with van der Waals surface area (Å²) in [5.41, 5.74) is 5.19. The Kier molecular flexibility index (Phi) is 2.69. The van der Waals surface area contributed by atoms with E-state index in [0.717, 1.165) is 39.7 Å². The fourth-order valence-electron chi connectivity index (χ4n) is 3.31. The van der Waals surface area contributed by atoms with Crippen LogP contribution in [0.15, 0.2) is 30.3 Å². The summed E-state index contributed by atoms with van der Waals surface area (Å²) in [5, 5.41) is 29.2. The number of hydrogen-bond donors (Lipinski definition) is 3. The fourth-order valence-corrected chi connectivity index (χ4v) is 3.31. The van der Waals surface area contributed by atoms with Gasteiger partial charge in [-0.15, -0.1) is 0 Å². The Balaban J connectivity index is 1.98. The van der Waals surface area contributed by atoms with Crippen LogP contribution in [-0.2, 0) is 12.8 Å².